The van der Waals surface area contributed by atoms with Crippen LogP contribution in [0.3, 0.4) is 0 Å². The first-order chi connectivity index (χ1) is 8.66. The van der Waals surface area contributed by atoms with Gasteiger partial charge in [0, 0.05) is 0 Å². The van der Waals surface area contributed by atoms with Crippen LogP contribution in [0.2, 0.25) is 0 Å². The van der Waals surface area contributed by atoms with E-state index >= 15 is 0 Å². The Morgan fingerprint density at radius 3 is 2.47 bits per heavy atom. The van der Waals surface area contributed by atoms with Gasteiger partial charge in [-0.1, -0.05) is 0 Å². The van der Waals surface area contributed by atoms with Gasteiger partial charge in [0.15, 0.2) is 30.4 Å². The number of carbonyl (C=O) groups excluding carboxylic acids is 1. The quantitative estimate of drug-likeness (QED) is 0.660. The fraction of sp³-hybridized carbons (Fsp3) is 0.900. The van der Waals surface area contributed by atoms with Crippen molar-refractivity contribution in [2.75, 3.05) is 0 Å². The van der Waals surface area contributed by atoms with E-state index in [9.17, 15) is 18.0 Å². The monoisotopic (exact) mass is 284 g/mol. The molecule has 3 heterocycles. The highest BCUT2D eigenvalue weighted by molar-refractivity contribution is 5.78. The van der Waals surface area contributed by atoms with Gasteiger partial charge in [0.25, 0.3) is 0 Å². The van der Waals surface area contributed by atoms with Crippen LogP contribution in [-0.2, 0) is 28.5 Å². The molecule has 6 nitrogen and oxygen atoms in total. The van der Waals surface area contributed by atoms with E-state index < -0.39 is 48.8 Å². The second-order valence-electron chi connectivity index (χ2n) is 4.95. The van der Waals surface area contributed by atoms with E-state index in [1.54, 1.807) is 13.8 Å². The third kappa shape index (κ3) is 2.20. The minimum atomic E-state index is -4.94. The average molecular weight is 284 g/mol. The molecule has 0 bridgehead atoms. The van der Waals surface area contributed by atoms with E-state index in [1.165, 1.54) is 0 Å². The molecule has 0 N–H and O–H groups in total. The number of alkyl halides is 3. The van der Waals surface area contributed by atoms with Gasteiger partial charge in [0.1, 0.15) is 6.10 Å². The third-order valence-corrected chi connectivity index (χ3v) is 3.07. The number of ether oxygens (including phenoxy) is 5. The molecule has 3 aliphatic heterocycles. The van der Waals surface area contributed by atoms with Crippen molar-refractivity contribution in [3.63, 3.8) is 0 Å². The predicted molar refractivity (Wildman–Crippen MR) is 49.5 cm³/mol. The van der Waals surface area contributed by atoms with Crippen molar-refractivity contribution in [1.82, 2.24) is 0 Å². The number of fused-ring (bicyclic) bond motifs is 3. The van der Waals surface area contributed by atoms with Crippen LogP contribution in [-0.4, -0.2) is 48.8 Å². The first kappa shape index (κ1) is 13.1. The Morgan fingerprint density at radius 2 is 1.84 bits per heavy atom. The summed E-state index contributed by atoms with van der Waals surface area (Å²) in [6.07, 6.45) is -10.5. The Morgan fingerprint density at radius 1 is 1.16 bits per heavy atom. The summed E-state index contributed by atoms with van der Waals surface area (Å²) < 4.78 is 61.3. The summed E-state index contributed by atoms with van der Waals surface area (Å²) in [6, 6.07) is 0. The zero-order valence-electron chi connectivity index (χ0n) is 9.97. The van der Waals surface area contributed by atoms with Crippen molar-refractivity contribution < 1.29 is 41.7 Å². The summed E-state index contributed by atoms with van der Waals surface area (Å²) in [4.78, 5) is 11.4. The van der Waals surface area contributed by atoms with E-state index in [1.807, 2.05) is 0 Å². The van der Waals surface area contributed by atoms with Gasteiger partial charge in [-0.3, -0.25) is 4.74 Å². The SMILES string of the molecule is CC1(C)O[C@H]2O[C@H]3[C@H](OC(=O)[C@@H]3OC(F)(F)F)[C@H]2O1. The molecule has 3 aliphatic rings. The topological polar surface area (TPSA) is 63.2 Å². The van der Waals surface area contributed by atoms with Crippen LogP contribution in [0.15, 0.2) is 0 Å². The van der Waals surface area contributed by atoms with Crippen molar-refractivity contribution >= 4 is 5.97 Å². The van der Waals surface area contributed by atoms with Gasteiger partial charge in [-0.25, -0.2) is 4.79 Å². The fourth-order valence-electron chi connectivity index (χ4n) is 2.48. The van der Waals surface area contributed by atoms with Crippen LogP contribution in [0.4, 0.5) is 13.2 Å². The normalized spacial score (nSPS) is 44.1. The summed E-state index contributed by atoms with van der Waals surface area (Å²) in [5, 5.41) is 0. The lowest BCUT2D eigenvalue weighted by atomic mass is 10.1. The molecule has 3 rings (SSSR count). The van der Waals surface area contributed by atoms with Crippen LogP contribution in [0.1, 0.15) is 13.8 Å². The van der Waals surface area contributed by atoms with Crippen molar-refractivity contribution in [1.29, 1.82) is 0 Å². The highest BCUT2D eigenvalue weighted by Crippen LogP contribution is 2.43. The van der Waals surface area contributed by atoms with Crippen LogP contribution >= 0.6 is 0 Å². The molecule has 5 atom stereocenters. The van der Waals surface area contributed by atoms with Gasteiger partial charge < -0.3 is 18.9 Å². The maximum atomic E-state index is 12.2. The molecular formula is C10H11F3O6. The minimum absolute atomic E-state index is 0.745. The molecule has 0 saturated carbocycles. The number of carbonyl (C=O) groups is 1. The van der Waals surface area contributed by atoms with Gasteiger partial charge in [0.05, 0.1) is 0 Å². The van der Waals surface area contributed by atoms with Gasteiger partial charge >= 0.3 is 12.3 Å². The van der Waals surface area contributed by atoms with Crippen molar-refractivity contribution in [2.24, 2.45) is 0 Å². The molecular weight excluding hydrogens is 273 g/mol. The van der Waals surface area contributed by atoms with E-state index in [2.05, 4.69) is 4.74 Å². The maximum Gasteiger partial charge on any atom is 0.523 e. The van der Waals surface area contributed by atoms with Crippen molar-refractivity contribution in [3.8, 4) is 0 Å². The Hall–Kier alpha value is -0.900. The van der Waals surface area contributed by atoms with E-state index in [0.29, 0.717) is 0 Å². The van der Waals surface area contributed by atoms with E-state index in [4.69, 9.17) is 18.9 Å². The predicted octanol–water partition coefficient (Wildman–Crippen LogP) is 0.693. The third-order valence-electron chi connectivity index (χ3n) is 3.07. The zero-order valence-corrected chi connectivity index (χ0v) is 9.97. The molecule has 9 heteroatoms. The summed E-state index contributed by atoms with van der Waals surface area (Å²) in [6.45, 7) is 3.26. The molecule has 3 saturated heterocycles. The van der Waals surface area contributed by atoms with Crippen LogP contribution in [0, 0.1) is 0 Å². The Labute approximate surface area is 105 Å². The second-order valence-corrected chi connectivity index (χ2v) is 4.95. The highest BCUT2D eigenvalue weighted by Gasteiger charge is 2.64. The summed E-state index contributed by atoms with van der Waals surface area (Å²) in [5.74, 6) is -2.05. The highest BCUT2D eigenvalue weighted by atomic mass is 19.4. The van der Waals surface area contributed by atoms with Crippen LogP contribution in [0.25, 0.3) is 0 Å². The smallest absolute Gasteiger partial charge is 0.454 e. The molecule has 0 amide bonds. The number of esters is 1. The lowest BCUT2D eigenvalue weighted by Gasteiger charge is -2.22. The molecule has 0 aliphatic carbocycles. The van der Waals surface area contributed by atoms with Crippen molar-refractivity contribution in [2.45, 2.75) is 56.7 Å². The number of hydrogen-bond acceptors (Lipinski definition) is 6. The summed E-state index contributed by atoms with van der Waals surface area (Å²) in [7, 11) is 0. The Bertz CT molecular complexity index is 409. The maximum absolute atomic E-state index is 12.2. The van der Waals surface area contributed by atoms with E-state index in [0.717, 1.165) is 0 Å². The summed E-state index contributed by atoms with van der Waals surface area (Å²) in [5.41, 5.74) is 0. The first-order valence-electron chi connectivity index (χ1n) is 5.62. The Kier molecular flexibility index (Phi) is 2.63. The standard InChI is InChI=1S/C10H11F3O6/c1-9(2)17-6-4-3(16-8(6)19-9)5(7(14)15-4)18-10(11,12)13/h3-6,8H,1-2H3/t3-,4-,5+,6+,8+/m0/s1. The van der Waals surface area contributed by atoms with Crippen LogP contribution < -0.4 is 0 Å². The van der Waals surface area contributed by atoms with Crippen LogP contribution in [0.5, 0.6) is 0 Å². The van der Waals surface area contributed by atoms with Gasteiger partial charge in [0.2, 0.25) is 0 Å². The number of halogens is 3. The van der Waals surface area contributed by atoms with Crippen molar-refractivity contribution in [3.05, 3.63) is 0 Å². The largest absolute Gasteiger partial charge is 0.523 e. The Balaban J connectivity index is 1.76. The molecule has 0 aromatic heterocycles. The molecule has 0 spiro atoms. The fourth-order valence-corrected chi connectivity index (χ4v) is 2.48. The number of hydrogen-bond donors (Lipinski definition) is 0. The zero-order chi connectivity index (χ0) is 14.0. The molecule has 0 radical (unpaired) electrons. The average Bonchev–Trinajstić information content (AvgIpc) is 2.76. The minimum Gasteiger partial charge on any atom is -0.454 e. The molecule has 108 valence electrons. The van der Waals surface area contributed by atoms with Gasteiger partial charge in [-0.05, 0) is 13.8 Å². The number of rotatable bonds is 1. The van der Waals surface area contributed by atoms with Gasteiger partial charge in [-0.2, -0.15) is 0 Å². The van der Waals surface area contributed by atoms with Gasteiger partial charge in [-0.15, -0.1) is 13.2 Å². The lowest BCUT2D eigenvalue weighted by molar-refractivity contribution is -0.347. The van der Waals surface area contributed by atoms with E-state index in [-0.39, 0.29) is 0 Å². The molecule has 3 fully saturated rings. The molecule has 19 heavy (non-hydrogen) atoms. The molecule has 0 unspecified atom stereocenters. The summed E-state index contributed by atoms with van der Waals surface area (Å²) >= 11 is 0. The molecule has 0 aromatic rings. The lowest BCUT2D eigenvalue weighted by Crippen LogP contribution is -2.39. The second kappa shape index (κ2) is 3.81. The first-order valence-corrected chi connectivity index (χ1v) is 5.62. The molecule has 0 aromatic carbocycles.